The third-order valence-electron chi connectivity index (χ3n) is 3.93. The van der Waals surface area contributed by atoms with Crippen LogP contribution in [0.3, 0.4) is 0 Å². The molecule has 0 heterocycles. The van der Waals surface area contributed by atoms with Crippen molar-refractivity contribution in [1.29, 1.82) is 0 Å². The Kier molecular flexibility index (Phi) is 6.18. The Morgan fingerprint density at radius 2 is 1.62 bits per heavy atom. The zero-order valence-electron chi connectivity index (χ0n) is 14.3. The van der Waals surface area contributed by atoms with E-state index in [4.69, 9.17) is 16.6 Å². The number of hydrogen-bond donors (Lipinski definition) is 1. The average Bonchev–Trinajstić information content (AvgIpc) is 2.70. The Labute approximate surface area is 159 Å². The molecule has 0 saturated heterocycles. The first-order valence-corrected chi connectivity index (χ1v) is 8.75. The Morgan fingerprint density at radius 3 is 2.27 bits per heavy atom. The summed E-state index contributed by atoms with van der Waals surface area (Å²) in [5, 5.41) is 4.06. The fraction of sp³-hybridized carbons (Fsp3) is 0.0909. The molecule has 0 amide bonds. The quantitative estimate of drug-likeness (QED) is 0.471. The minimum atomic E-state index is -0.287. The highest BCUT2D eigenvalue weighted by Gasteiger charge is 2.12. The maximum atomic E-state index is 6.17. The van der Waals surface area contributed by atoms with Gasteiger partial charge in [0.05, 0.1) is 6.54 Å². The van der Waals surface area contributed by atoms with Crippen LogP contribution in [0.4, 0.5) is 0 Å². The van der Waals surface area contributed by atoms with Crippen molar-refractivity contribution in [1.82, 2.24) is 5.32 Å². The van der Waals surface area contributed by atoms with Gasteiger partial charge in [0.25, 0.3) is 0 Å². The van der Waals surface area contributed by atoms with Gasteiger partial charge in [0.15, 0.2) is 0 Å². The van der Waals surface area contributed by atoms with Gasteiger partial charge >= 0.3 is 0 Å². The molecular formula is C22H20ClN3. The fourth-order valence-corrected chi connectivity index (χ4v) is 2.80. The van der Waals surface area contributed by atoms with Crippen molar-refractivity contribution in [2.24, 2.45) is 9.98 Å². The molecule has 26 heavy (non-hydrogen) atoms. The number of halogens is 1. The van der Waals surface area contributed by atoms with Gasteiger partial charge in [-0.3, -0.25) is 9.98 Å². The van der Waals surface area contributed by atoms with E-state index in [9.17, 15) is 0 Å². The van der Waals surface area contributed by atoms with Crippen LogP contribution >= 0.6 is 11.6 Å². The van der Waals surface area contributed by atoms with Crippen LogP contribution in [0.1, 0.15) is 22.9 Å². The van der Waals surface area contributed by atoms with Crippen molar-refractivity contribution in [3.05, 3.63) is 107 Å². The van der Waals surface area contributed by atoms with Gasteiger partial charge in [-0.25, -0.2) is 0 Å². The molecule has 1 atom stereocenters. The first-order chi connectivity index (χ1) is 12.8. The molecule has 0 fully saturated rings. The predicted octanol–water partition coefficient (Wildman–Crippen LogP) is 5.28. The number of aliphatic imine (C=N–C) groups is 2. The Morgan fingerprint density at radius 1 is 0.923 bits per heavy atom. The van der Waals surface area contributed by atoms with Gasteiger partial charge in [-0.1, -0.05) is 84.4 Å². The molecule has 0 aliphatic heterocycles. The maximum absolute atomic E-state index is 6.17. The Hall–Kier alpha value is -2.91. The first kappa shape index (κ1) is 17.9. The molecule has 0 aliphatic carbocycles. The van der Waals surface area contributed by atoms with E-state index in [1.165, 1.54) is 0 Å². The number of benzene rings is 3. The molecule has 3 aromatic rings. The highest BCUT2D eigenvalue weighted by atomic mass is 35.5. The van der Waals surface area contributed by atoms with Crippen molar-refractivity contribution in [3.8, 4) is 0 Å². The van der Waals surface area contributed by atoms with Gasteiger partial charge in [0, 0.05) is 10.6 Å². The lowest BCUT2D eigenvalue weighted by Crippen LogP contribution is -2.28. The molecule has 3 rings (SSSR count). The van der Waals surface area contributed by atoms with Gasteiger partial charge in [0.1, 0.15) is 12.0 Å². The number of hydrogen-bond acceptors (Lipinski definition) is 2. The van der Waals surface area contributed by atoms with Crippen LogP contribution in [-0.2, 0) is 6.54 Å². The molecule has 3 nitrogen and oxygen atoms in total. The molecule has 0 radical (unpaired) electrons. The Bertz CT molecular complexity index is 876. The van der Waals surface area contributed by atoms with E-state index in [2.05, 4.69) is 29.2 Å². The number of rotatable bonds is 6. The van der Waals surface area contributed by atoms with Gasteiger partial charge < -0.3 is 5.32 Å². The summed E-state index contributed by atoms with van der Waals surface area (Å²) in [5.74, 6) is 0.734. The second kappa shape index (κ2) is 8.97. The number of nitrogens with one attached hydrogen (secondary N) is 1. The van der Waals surface area contributed by atoms with E-state index in [0.29, 0.717) is 11.6 Å². The third-order valence-corrected chi connectivity index (χ3v) is 4.17. The van der Waals surface area contributed by atoms with Crippen LogP contribution in [0.25, 0.3) is 0 Å². The lowest BCUT2D eigenvalue weighted by Gasteiger charge is -2.18. The predicted molar refractivity (Wildman–Crippen MR) is 110 cm³/mol. The van der Waals surface area contributed by atoms with Crippen LogP contribution in [0.2, 0.25) is 5.02 Å². The summed E-state index contributed by atoms with van der Waals surface area (Å²) >= 11 is 6.17. The van der Waals surface area contributed by atoms with Crippen molar-refractivity contribution < 1.29 is 0 Å². The fourth-order valence-electron chi connectivity index (χ4n) is 2.61. The maximum Gasteiger partial charge on any atom is 0.145 e. The van der Waals surface area contributed by atoms with Crippen molar-refractivity contribution >= 4 is 24.2 Å². The Balaban J connectivity index is 1.90. The van der Waals surface area contributed by atoms with Crippen LogP contribution in [0.5, 0.6) is 0 Å². The second-order valence-electron chi connectivity index (χ2n) is 5.80. The van der Waals surface area contributed by atoms with E-state index in [-0.39, 0.29) is 6.17 Å². The standard InChI is InChI=1S/C22H20ClN3/c1-24-21(18-11-6-3-7-12-18)26-22(19-13-8-14-20(23)15-19)25-16-17-9-4-2-5-10-17/h2-15,21H,1,16H2,(H,25,26). The van der Waals surface area contributed by atoms with Crippen LogP contribution in [0.15, 0.2) is 94.9 Å². The minimum absolute atomic E-state index is 0.287. The average molecular weight is 362 g/mol. The van der Waals surface area contributed by atoms with Crippen LogP contribution in [-0.4, -0.2) is 12.6 Å². The van der Waals surface area contributed by atoms with Crippen LogP contribution in [0, 0.1) is 0 Å². The molecular weight excluding hydrogens is 342 g/mol. The number of amidine groups is 1. The zero-order chi connectivity index (χ0) is 18.2. The normalized spacial score (nSPS) is 12.4. The minimum Gasteiger partial charge on any atom is -0.345 e. The summed E-state index contributed by atoms with van der Waals surface area (Å²) in [4.78, 5) is 9.00. The van der Waals surface area contributed by atoms with E-state index in [1.54, 1.807) is 0 Å². The monoisotopic (exact) mass is 361 g/mol. The topological polar surface area (TPSA) is 36.8 Å². The summed E-state index contributed by atoms with van der Waals surface area (Å²) in [5.41, 5.74) is 3.08. The van der Waals surface area contributed by atoms with Gasteiger partial charge in [-0.15, -0.1) is 0 Å². The summed E-state index contributed by atoms with van der Waals surface area (Å²) < 4.78 is 0. The molecule has 0 bridgehead atoms. The van der Waals surface area contributed by atoms with E-state index >= 15 is 0 Å². The third kappa shape index (κ3) is 4.80. The molecule has 0 aliphatic rings. The molecule has 0 saturated carbocycles. The van der Waals surface area contributed by atoms with Gasteiger partial charge in [0.2, 0.25) is 0 Å². The molecule has 1 unspecified atom stereocenters. The summed E-state index contributed by atoms with van der Waals surface area (Å²) in [7, 11) is 0. The highest BCUT2D eigenvalue weighted by Crippen LogP contribution is 2.17. The molecule has 4 heteroatoms. The van der Waals surface area contributed by atoms with Crippen molar-refractivity contribution in [2.45, 2.75) is 12.7 Å². The lowest BCUT2D eigenvalue weighted by atomic mass is 10.1. The molecule has 3 aromatic carbocycles. The SMILES string of the molecule is C=NC(NC(=NCc1ccccc1)c1cccc(Cl)c1)c1ccccc1. The summed E-state index contributed by atoms with van der Waals surface area (Å²) in [6.07, 6.45) is -0.287. The highest BCUT2D eigenvalue weighted by molar-refractivity contribution is 6.31. The molecule has 130 valence electrons. The van der Waals surface area contributed by atoms with Crippen molar-refractivity contribution in [3.63, 3.8) is 0 Å². The van der Waals surface area contributed by atoms with Crippen molar-refractivity contribution in [2.75, 3.05) is 0 Å². The molecule has 0 spiro atoms. The van der Waals surface area contributed by atoms with Crippen LogP contribution < -0.4 is 5.32 Å². The zero-order valence-corrected chi connectivity index (χ0v) is 15.1. The van der Waals surface area contributed by atoms with Gasteiger partial charge in [-0.2, -0.15) is 0 Å². The summed E-state index contributed by atoms with van der Waals surface area (Å²) in [6.45, 7) is 4.29. The lowest BCUT2D eigenvalue weighted by molar-refractivity contribution is 0.686. The smallest absolute Gasteiger partial charge is 0.145 e. The van der Waals surface area contributed by atoms with E-state index in [0.717, 1.165) is 22.5 Å². The second-order valence-corrected chi connectivity index (χ2v) is 6.24. The van der Waals surface area contributed by atoms with Gasteiger partial charge in [-0.05, 0) is 30.0 Å². The first-order valence-electron chi connectivity index (χ1n) is 8.38. The largest absolute Gasteiger partial charge is 0.345 e. The number of nitrogens with zero attached hydrogens (tertiary/aromatic N) is 2. The van der Waals surface area contributed by atoms with E-state index in [1.807, 2.05) is 72.8 Å². The summed E-state index contributed by atoms with van der Waals surface area (Å²) in [6, 6.07) is 27.7. The molecule has 1 N–H and O–H groups in total. The van der Waals surface area contributed by atoms with E-state index < -0.39 is 0 Å². The molecule has 0 aromatic heterocycles.